The van der Waals surface area contributed by atoms with Crippen molar-refractivity contribution in [3.63, 3.8) is 0 Å². The van der Waals surface area contributed by atoms with E-state index in [1.54, 1.807) is 0 Å². The fourth-order valence-electron chi connectivity index (χ4n) is 4.01. The van der Waals surface area contributed by atoms with Crippen molar-refractivity contribution in [2.45, 2.75) is 67.5 Å². The summed E-state index contributed by atoms with van der Waals surface area (Å²) in [6, 6.07) is 10.1. The molecule has 1 aliphatic heterocycles. The number of piperidine rings is 1. The molecule has 2 aliphatic rings. The Morgan fingerprint density at radius 3 is 2.25 bits per heavy atom. The maximum absolute atomic E-state index is 13.0. The van der Waals surface area contributed by atoms with Crippen LogP contribution in [0.4, 0.5) is 0 Å². The minimum atomic E-state index is -0.530. The van der Waals surface area contributed by atoms with Gasteiger partial charge in [0.25, 0.3) is 0 Å². The number of hydrogen-bond acceptors (Lipinski definition) is 5. The predicted molar refractivity (Wildman–Crippen MR) is 116 cm³/mol. The molecule has 1 saturated carbocycles. The van der Waals surface area contributed by atoms with Crippen LogP contribution in [0.5, 0.6) is 0 Å². The summed E-state index contributed by atoms with van der Waals surface area (Å²) in [6.45, 7) is 5.38. The first-order valence-corrected chi connectivity index (χ1v) is 11.3. The fraction of sp³-hybridized carbons (Fsp3) is 0.636. The van der Waals surface area contributed by atoms with Gasteiger partial charge in [-0.15, -0.1) is 0 Å². The van der Waals surface area contributed by atoms with Gasteiger partial charge in [-0.3, -0.25) is 9.59 Å². The van der Waals surface area contributed by atoms with E-state index in [4.69, 9.17) is 9.47 Å². The van der Waals surface area contributed by atoms with Crippen LogP contribution in [-0.2, 0) is 24.7 Å². The third kappa shape index (κ3) is 5.26. The zero-order valence-corrected chi connectivity index (χ0v) is 18.9. The number of alkyl halides is 1. The van der Waals surface area contributed by atoms with E-state index in [2.05, 4.69) is 40.0 Å². The number of halogens is 1. The van der Waals surface area contributed by atoms with Gasteiger partial charge in [0.15, 0.2) is 0 Å². The third-order valence-electron chi connectivity index (χ3n) is 5.77. The van der Waals surface area contributed by atoms with Crippen molar-refractivity contribution in [3.8, 4) is 0 Å². The van der Waals surface area contributed by atoms with Gasteiger partial charge >= 0.3 is 11.9 Å². The Morgan fingerprint density at radius 1 is 1.07 bits per heavy atom. The van der Waals surface area contributed by atoms with Crippen LogP contribution in [-0.4, -0.2) is 34.6 Å². The Labute approximate surface area is 181 Å². The summed E-state index contributed by atoms with van der Waals surface area (Å²) in [5.41, 5.74) is 0.551. The Morgan fingerprint density at radius 2 is 1.68 bits per heavy atom. The summed E-state index contributed by atoms with van der Waals surface area (Å²) in [6.07, 6.45) is 4.35. The molecule has 154 valence electrons. The lowest BCUT2D eigenvalue weighted by atomic mass is 9.83. The highest BCUT2D eigenvalue weighted by atomic mass is 127. The minimum absolute atomic E-state index is 0.0902. The Bertz CT molecular complexity index is 672. The van der Waals surface area contributed by atoms with Crippen LogP contribution in [0.2, 0.25) is 0 Å². The first-order chi connectivity index (χ1) is 13.3. The van der Waals surface area contributed by atoms with E-state index in [9.17, 15) is 9.59 Å². The molecular weight excluding hydrogens is 469 g/mol. The Balaban J connectivity index is 1.59. The second kappa shape index (κ2) is 9.11. The summed E-state index contributed by atoms with van der Waals surface area (Å²) < 4.78 is 11.3. The van der Waals surface area contributed by atoms with Crippen molar-refractivity contribution < 1.29 is 19.1 Å². The second-order valence-corrected chi connectivity index (χ2v) is 11.1. The molecule has 1 aliphatic carbocycles. The van der Waals surface area contributed by atoms with Crippen molar-refractivity contribution in [2.24, 2.45) is 5.92 Å². The van der Waals surface area contributed by atoms with E-state index >= 15 is 0 Å². The molecule has 0 spiro atoms. The van der Waals surface area contributed by atoms with E-state index in [1.807, 2.05) is 32.0 Å². The van der Waals surface area contributed by atoms with Gasteiger partial charge in [-0.05, 0) is 58.2 Å². The third-order valence-corrected chi connectivity index (χ3v) is 6.21. The van der Waals surface area contributed by atoms with Crippen molar-refractivity contribution in [2.75, 3.05) is 13.1 Å². The van der Waals surface area contributed by atoms with Gasteiger partial charge in [0, 0.05) is 12.8 Å². The van der Waals surface area contributed by atoms with E-state index in [0.29, 0.717) is 12.8 Å². The van der Waals surface area contributed by atoms with Crippen molar-refractivity contribution in [3.05, 3.63) is 35.9 Å². The van der Waals surface area contributed by atoms with Crippen molar-refractivity contribution in [1.29, 1.82) is 0 Å². The summed E-state index contributed by atoms with van der Waals surface area (Å²) >= 11 is 2.10. The molecule has 1 saturated heterocycles. The van der Waals surface area contributed by atoms with Gasteiger partial charge in [-0.2, -0.15) is 0 Å². The minimum Gasteiger partial charge on any atom is -0.461 e. The molecule has 6 heteroatoms. The molecule has 0 atom stereocenters. The average molecular weight is 499 g/mol. The van der Waals surface area contributed by atoms with Crippen LogP contribution < -0.4 is 5.32 Å². The van der Waals surface area contributed by atoms with E-state index in [1.165, 1.54) is 0 Å². The molecule has 0 unspecified atom stereocenters. The summed E-state index contributed by atoms with van der Waals surface area (Å²) in [5.74, 6) is -0.403. The fourth-order valence-corrected chi connectivity index (χ4v) is 4.13. The second-order valence-electron chi connectivity index (χ2n) is 8.38. The summed E-state index contributed by atoms with van der Waals surface area (Å²) in [5, 5.41) is 3.36. The van der Waals surface area contributed by atoms with Gasteiger partial charge in [0.1, 0.15) is 15.1 Å². The SMILES string of the molecule is CC(C)(I)C(=O)OC1CCC(C(=O)OC2(c3ccccc3)CCNCC2)CC1. The maximum atomic E-state index is 13.0. The molecular formula is C22H30INO4. The number of rotatable bonds is 5. The summed E-state index contributed by atoms with van der Waals surface area (Å²) in [7, 11) is 0. The molecule has 1 N–H and O–H groups in total. The molecule has 2 fully saturated rings. The van der Waals surface area contributed by atoms with Gasteiger partial charge in [-0.1, -0.05) is 52.9 Å². The van der Waals surface area contributed by atoms with Crippen LogP contribution in [0.25, 0.3) is 0 Å². The topological polar surface area (TPSA) is 64.6 Å². The smallest absolute Gasteiger partial charge is 0.321 e. The zero-order chi connectivity index (χ0) is 20.2. The molecule has 28 heavy (non-hydrogen) atoms. The number of hydrogen-bond donors (Lipinski definition) is 1. The molecule has 0 bridgehead atoms. The number of carbonyl (C=O) groups is 2. The van der Waals surface area contributed by atoms with Crippen molar-refractivity contribution in [1.82, 2.24) is 5.32 Å². The number of carbonyl (C=O) groups excluding carboxylic acids is 2. The van der Waals surface area contributed by atoms with Gasteiger partial charge in [0.05, 0.1) is 5.92 Å². The average Bonchev–Trinajstić information content (AvgIpc) is 2.69. The van der Waals surface area contributed by atoms with Crippen LogP contribution in [0, 0.1) is 5.92 Å². The van der Waals surface area contributed by atoms with Gasteiger partial charge in [0.2, 0.25) is 0 Å². The number of ether oxygens (including phenoxy) is 2. The molecule has 1 aromatic carbocycles. The number of esters is 2. The number of nitrogens with one attached hydrogen (secondary N) is 1. The highest BCUT2D eigenvalue weighted by molar-refractivity contribution is 14.1. The highest BCUT2D eigenvalue weighted by Gasteiger charge is 2.40. The van der Waals surface area contributed by atoms with Crippen molar-refractivity contribution >= 4 is 34.5 Å². The Kier molecular flexibility index (Phi) is 7.02. The number of benzene rings is 1. The van der Waals surface area contributed by atoms with E-state index in [0.717, 1.165) is 44.3 Å². The molecule has 3 rings (SSSR count). The standard InChI is InChI=1S/C22H30INO4/c1-21(2,23)20(26)27-18-10-8-16(9-11-18)19(25)28-22(12-14-24-15-13-22)17-6-4-3-5-7-17/h3-7,16,18,24H,8-15H2,1-2H3. The quantitative estimate of drug-likeness (QED) is 0.375. The molecule has 1 heterocycles. The molecule has 5 nitrogen and oxygen atoms in total. The van der Waals surface area contributed by atoms with Crippen LogP contribution in [0.15, 0.2) is 30.3 Å². The lowest BCUT2D eigenvalue weighted by molar-refractivity contribution is -0.172. The van der Waals surface area contributed by atoms with E-state index < -0.39 is 9.02 Å². The van der Waals surface area contributed by atoms with Gasteiger partial charge in [-0.25, -0.2) is 0 Å². The normalized spacial score (nSPS) is 25.0. The first kappa shape index (κ1) is 21.6. The lowest BCUT2D eigenvalue weighted by Gasteiger charge is -2.39. The maximum Gasteiger partial charge on any atom is 0.321 e. The van der Waals surface area contributed by atoms with Crippen LogP contribution in [0.3, 0.4) is 0 Å². The largest absolute Gasteiger partial charge is 0.461 e. The zero-order valence-electron chi connectivity index (χ0n) is 16.7. The molecule has 1 aromatic rings. The molecule has 0 aromatic heterocycles. The summed E-state index contributed by atoms with van der Waals surface area (Å²) in [4.78, 5) is 25.1. The monoisotopic (exact) mass is 499 g/mol. The predicted octanol–water partition coefficient (Wildman–Crippen LogP) is 4.12. The Hall–Kier alpha value is -1.15. The van der Waals surface area contributed by atoms with Gasteiger partial charge < -0.3 is 14.8 Å². The van der Waals surface area contributed by atoms with Crippen LogP contribution in [0.1, 0.15) is 57.9 Å². The van der Waals surface area contributed by atoms with Crippen LogP contribution >= 0.6 is 22.6 Å². The lowest BCUT2D eigenvalue weighted by Crippen LogP contribution is -2.44. The molecule has 0 amide bonds. The molecule has 0 radical (unpaired) electrons. The highest BCUT2D eigenvalue weighted by Crippen LogP contribution is 2.37. The first-order valence-electron chi connectivity index (χ1n) is 10.2. The van der Waals surface area contributed by atoms with E-state index in [-0.39, 0.29) is 24.0 Å².